The minimum absolute atomic E-state index is 0.628. The molecule has 0 spiro atoms. The van der Waals surface area contributed by atoms with Crippen molar-refractivity contribution >= 4 is 10.9 Å². The van der Waals surface area contributed by atoms with Crippen LogP contribution in [0.2, 0.25) is 0 Å². The molecule has 106 valence electrons. The van der Waals surface area contributed by atoms with Gasteiger partial charge in [0.1, 0.15) is 0 Å². The number of likely N-dealkylation sites (N-methyl/N-ethyl adjacent to an activating group) is 1. The van der Waals surface area contributed by atoms with E-state index in [1.807, 2.05) is 12.3 Å². The maximum absolute atomic E-state index is 4.52. The van der Waals surface area contributed by atoms with Gasteiger partial charge in [0.05, 0.1) is 5.52 Å². The molecule has 0 bridgehead atoms. The molecule has 0 amide bonds. The zero-order valence-corrected chi connectivity index (χ0v) is 12.3. The summed E-state index contributed by atoms with van der Waals surface area (Å²) in [5, 5.41) is 4.94. The van der Waals surface area contributed by atoms with E-state index in [1.54, 1.807) is 0 Å². The predicted molar refractivity (Wildman–Crippen MR) is 83.9 cm³/mol. The highest BCUT2D eigenvalue weighted by Crippen LogP contribution is 2.17. The van der Waals surface area contributed by atoms with Crippen LogP contribution in [-0.2, 0) is 6.42 Å². The predicted octanol–water partition coefficient (Wildman–Crippen LogP) is 2.32. The van der Waals surface area contributed by atoms with Crippen LogP contribution in [0.15, 0.2) is 36.5 Å². The third-order valence-electron chi connectivity index (χ3n) is 4.31. The van der Waals surface area contributed by atoms with Crippen molar-refractivity contribution in [2.75, 3.05) is 26.7 Å². The number of benzene rings is 1. The van der Waals surface area contributed by atoms with Crippen LogP contribution < -0.4 is 5.32 Å². The summed E-state index contributed by atoms with van der Waals surface area (Å²) in [5.74, 6) is 0.741. The fourth-order valence-electron chi connectivity index (χ4n) is 3.24. The van der Waals surface area contributed by atoms with Gasteiger partial charge >= 0.3 is 0 Å². The third-order valence-corrected chi connectivity index (χ3v) is 4.31. The first-order chi connectivity index (χ1) is 9.74. The van der Waals surface area contributed by atoms with E-state index in [0.29, 0.717) is 6.04 Å². The van der Waals surface area contributed by atoms with E-state index in [1.165, 1.54) is 17.5 Å². The number of fused-ring (bicyclic) bond motifs is 1. The molecule has 0 aliphatic carbocycles. The van der Waals surface area contributed by atoms with Crippen molar-refractivity contribution in [3.63, 3.8) is 0 Å². The second-order valence-electron chi connectivity index (χ2n) is 6.00. The SMILES string of the molecule is C[C@H]1CN(C)C[C@H]1NCCc1cccc2cccnc12. The molecule has 0 radical (unpaired) electrons. The lowest BCUT2D eigenvalue weighted by Gasteiger charge is -2.16. The number of likely N-dealkylation sites (tertiary alicyclic amines) is 1. The summed E-state index contributed by atoms with van der Waals surface area (Å²) < 4.78 is 0. The van der Waals surface area contributed by atoms with E-state index in [0.717, 1.165) is 30.9 Å². The molecule has 1 saturated heterocycles. The summed E-state index contributed by atoms with van der Waals surface area (Å²) in [6.07, 6.45) is 2.93. The molecule has 2 aromatic rings. The van der Waals surface area contributed by atoms with Crippen LogP contribution in [-0.4, -0.2) is 42.6 Å². The normalized spacial score (nSPS) is 23.5. The molecule has 3 nitrogen and oxygen atoms in total. The first-order valence-corrected chi connectivity index (χ1v) is 7.48. The van der Waals surface area contributed by atoms with Gasteiger partial charge in [-0.15, -0.1) is 0 Å². The van der Waals surface area contributed by atoms with Gasteiger partial charge in [0.15, 0.2) is 0 Å². The number of para-hydroxylation sites is 1. The topological polar surface area (TPSA) is 28.2 Å². The van der Waals surface area contributed by atoms with Gasteiger partial charge in [0.2, 0.25) is 0 Å². The molecule has 1 N–H and O–H groups in total. The molecular formula is C17H23N3. The van der Waals surface area contributed by atoms with Crippen molar-refractivity contribution in [1.29, 1.82) is 0 Å². The molecule has 3 heteroatoms. The molecule has 3 rings (SSSR count). The monoisotopic (exact) mass is 269 g/mol. The van der Waals surface area contributed by atoms with Gasteiger partial charge < -0.3 is 10.2 Å². The molecule has 1 aromatic carbocycles. The number of hydrogen-bond acceptors (Lipinski definition) is 3. The van der Waals surface area contributed by atoms with Gasteiger partial charge in [-0.25, -0.2) is 0 Å². The summed E-state index contributed by atoms with van der Waals surface area (Å²) in [6.45, 7) is 5.72. The minimum atomic E-state index is 0.628. The zero-order chi connectivity index (χ0) is 13.9. The van der Waals surface area contributed by atoms with Gasteiger partial charge in [-0.3, -0.25) is 4.98 Å². The van der Waals surface area contributed by atoms with Crippen molar-refractivity contribution in [1.82, 2.24) is 15.2 Å². The zero-order valence-electron chi connectivity index (χ0n) is 12.3. The Hall–Kier alpha value is -1.45. The Kier molecular flexibility index (Phi) is 3.99. The van der Waals surface area contributed by atoms with Crippen LogP contribution in [0.5, 0.6) is 0 Å². The largest absolute Gasteiger partial charge is 0.312 e. The second-order valence-corrected chi connectivity index (χ2v) is 6.00. The maximum Gasteiger partial charge on any atom is 0.0734 e. The smallest absolute Gasteiger partial charge is 0.0734 e. The molecule has 20 heavy (non-hydrogen) atoms. The number of hydrogen-bond donors (Lipinski definition) is 1. The van der Waals surface area contributed by atoms with Gasteiger partial charge in [-0.05, 0) is 37.6 Å². The van der Waals surface area contributed by atoms with Crippen molar-refractivity contribution in [3.05, 3.63) is 42.1 Å². The fraction of sp³-hybridized carbons (Fsp3) is 0.471. The first kappa shape index (κ1) is 13.5. The summed E-state index contributed by atoms with van der Waals surface area (Å²) in [4.78, 5) is 6.93. The molecule has 0 saturated carbocycles. The van der Waals surface area contributed by atoms with Gasteiger partial charge in [0.25, 0.3) is 0 Å². The second kappa shape index (κ2) is 5.90. The Labute approximate surface area is 121 Å². The van der Waals surface area contributed by atoms with Crippen LogP contribution in [0.25, 0.3) is 10.9 Å². The van der Waals surface area contributed by atoms with Crippen LogP contribution >= 0.6 is 0 Å². The van der Waals surface area contributed by atoms with E-state index in [4.69, 9.17) is 0 Å². The maximum atomic E-state index is 4.52. The molecule has 2 heterocycles. The Morgan fingerprint density at radius 1 is 1.25 bits per heavy atom. The van der Waals surface area contributed by atoms with E-state index < -0.39 is 0 Å². The Morgan fingerprint density at radius 2 is 2.10 bits per heavy atom. The lowest BCUT2D eigenvalue weighted by Crippen LogP contribution is -2.36. The molecule has 1 aromatic heterocycles. The van der Waals surface area contributed by atoms with Crippen molar-refractivity contribution < 1.29 is 0 Å². The molecule has 1 aliphatic heterocycles. The number of nitrogens with one attached hydrogen (secondary N) is 1. The summed E-state index contributed by atoms with van der Waals surface area (Å²) in [5.41, 5.74) is 2.49. The van der Waals surface area contributed by atoms with Crippen LogP contribution in [0, 0.1) is 5.92 Å². The van der Waals surface area contributed by atoms with Crippen molar-refractivity contribution in [2.45, 2.75) is 19.4 Å². The van der Waals surface area contributed by atoms with Crippen molar-refractivity contribution in [3.8, 4) is 0 Å². The first-order valence-electron chi connectivity index (χ1n) is 7.48. The fourth-order valence-corrected chi connectivity index (χ4v) is 3.24. The van der Waals surface area contributed by atoms with Crippen LogP contribution in [0.1, 0.15) is 12.5 Å². The standard InChI is InChI=1S/C17H23N3/c1-13-11-20(2)12-16(13)18-10-8-15-6-3-5-14-7-4-9-19-17(14)15/h3-7,9,13,16,18H,8,10-12H2,1-2H3/t13-,16+/m0/s1. The van der Waals surface area contributed by atoms with Crippen molar-refractivity contribution in [2.24, 2.45) is 5.92 Å². The number of nitrogens with zero attached hydrogens (tertiary/aromatic N) is 2. The molecule has 2 atom stereocenters. The molecule has 1 fully saturated rings. The molecular weight excluding hydrogens is 246 g/mol. The van der Waals surface area contributed by atoms with E-state index >= 15 is 0 Å². The summed E-state index contributed by atoms with van der Waals surface area (Å²) >= 11 is 0. The average molecular weight is 269 g/mol. The Morgan fingerprint density at radius 3 is 2.90 bits per heavy atom. The van der Waals surface area contributed by atoms with Gasteiger partial charge in [-0.2, -0.15) is 0 Å². The van der Waals surface area contributed by atoms with E-state index in [9.17, 15) is 0 Å². The van der Waals surface area contributed by atoms with Gasteiger partial charge in [0, 0.05) is 30.7 Å². The summed E-state index contributed by atoms with van der Waals surface area (Å²) in [7, 11) is 2.20. The minimum Gasteiger partial charge on any atom is -0.312 e. The highest BCUT2D eigenvalue weighted by atomic mass is 15.2. The van der Waals surface area contributed by atoms with Crippen LogP contribution in [0.3, 0.4) is 0 Å². The number of pyridine rings is 1. The highest BCUT2D eigenvalue weighted by Gasteiger charge is 2.26. The highest BCUT2D eigenvalue weighted by molar-refractivity contribution is 5.81. The molecule has 0 unspecified atom stereocenters. The Balaban J connectivity index is 1.63. The number of aromatic nitrogens is 1. The average Bonchev–Trinajstić information content (AvgIpc) is 2.77. The lowest BCUT2D eigenvalue weighted by atomic mass is 10.0. The van der Waals surface area contributed by atoms with Crippen LogP contribution in [0.4, 0.5) is 0 Å². The number of rotatable bonds is 4. The van der Waals surface area contributed by atoms with E-state index in [2.05, 4.69) is 53.4 Å². The summed E-state index contributed by atoms with van der Waals surface area (Å²) in [6, 6.07) is 11.2. The Bertz CT molecular complexity index is 576. The lowest BCUT2D eigenvalue weighted by molar-refractivity contribution is 0.396. The molecule has 1 aliphatic rings. The van der Waals surface area contributed by atoms with Gasteiger partial charge in [-0.1, -0.05) is 31.2 Å². The van der Waals surface area contributed by atoms with E-state index in [-0.39, 0.29) is 0 Å². The third kappa shape index (κ3) is 2.84. The quantitative estimate of drug-likeness (QED) is 0.923.